The normalized spacial score (nSPS) is 13.7. The molecule has 0 radical (unpaired) electrons. The third-order valence-electron chi connectivity index (χ3n) is 2.14. The Morgan fingerprint density at radius 2 is 2.13 bits per heavy atom. The fourth-order valence-corrected chi connectivity index (χ4v) is 1.54. The summed E-state index contributed by atoms with van der Waals surface area (Å²) < 4.78 is 6.70. The van der Waals surface area contributed by atoms with Gasteiger partial charge in [-0.3, -0.25) is 4.98 Å². The molecule has 0 fully saturated rings. The van der Waals surface area contributed by atoms with E-state index in [0.29, 0.717) is 6.54 Å². The Bertz CT molecular complexity index is 323. The van der Waals surface area contributed by atoms with Crippen molar-refractivity contribution in [2.24, 2.45) is 11.1 Å². The highest BCUT2D eigenvalue weighted by atomic mass is 79.9. The standard InChI is InChI=1S/C11H17BrN2O/c1-11(2,3)10(5-13)15-9-4-8(12)6-14-7-9/h4,6-7,10H,5,13H2,1-3H3. The molecule has 2 N–H and O–H groups in total. The zero-order chi connectivity index (χ0) is 11.5. The van der Waals surface area contributed by atoms with Crippen LogP contribution in [0, 0.1) is 5.41 Å². The summed E-state index contributed by atoms with van der Waals surface area (Å²) in [6, 6.07) is 1.89. The smallest absolute Gasteiger partial charge is 0.139 e. The van der Waals surface area contributed by atoms with Crippen LogP contribution in [0.1, 0.15) is 20.8 Å². The Morgan fingerprint density at radius 1 is 1.47 bits per heavy atom. The quantitative estimate of drug-likeness (QED) is 0.920. The lowest BCUT2D eigenvalue weighted by molar-refractivity contribution is 0.0937. The SMILES string of the molecule is CC(C)(C)C(CN)Oc1cncc(Br)c1. The molecule has 4 heteroatoms. The lowest BCUT2D eigenvalue weighted by Gasteiger charge is -2.29. The number of aromatic nitrogens is 1. The zero-order valence-electron chi connectivity index (χ0n) is 9.33. The first-order valence-corrected chi connectivity index (χ1v) is 5.70. The van der Waals surface area contributed by atoms with Gasteiger partial charge in [0.05, 0.1) is 6.20 Å². The molecule has 0 aromatic carbocycles. The maximum atomic E-state index is 5.79. The molecule has 0 amide bonds. The minimum absolute atomic E-state index is 0.00593. The van der Waals surface area contributed by atoms with E-state index in [1.165, 1.54) is 0 Å². The van der Waals surface area contributed by atoms with Crippen LogP contribution in [0.4, 0.5) is 0 Å². The molecule has 1 atom stereocenters. The van der Waals surface area contributed by atoms with E-state index in [0.717, 1.165) is 10.2 Å². The summed E-state index contributed by atoms with van der Waals surface area (Å²) in [7, 11) is 0. The van der Waals surface area contributed by atoms with Crippen LogP contribution in [0.15, 0.2) is 22.9 Å². The molecular formula is C11H17BrN2O. The summed E-state index contributed by atoms with van der Waals surface area (Å²) in [5.41, 5.74) is 5.71. The second-order valence-electron chi connectivity index (χ2n) is 4.55. The predicted octanol–water partition coefficient (Wildman–Crippen LogP) is 2.60. The van der Waals surface area contributed by atoms with Crippen LogP contribution in [-0.2, 0) is 0 Å². The van der Waals surface area contributed by atoms with E-state index >= 15 is 0 Å². The molecule has 0 aliphatic carbocycles. The van der Waals surface area contributed by atoms with Crippen molar-refractivity contribution in [2.75, 3.05) is 6.54 Å². The van der Waals surface area contributed by atoms with Gasteiger partial charge in [0.1, 0.15) is 11.9 Å². The summed E-state index contributed by atoms with van der Waals surface area (Å²) in [6.07, 6.45) is 3.41. The predicted molar refractivity (Wildman–Crippen MR) is 64.9 cm³/mol. The molecule has 3 nitrogen and oxygen atoms in total. The van der Waals surface area contributed by atoms with Gasteiger partial charge in [-0.05, 0) is 22.0 Å². The fourth-order valence-electron chi connectivity index (χ4n) is 1.20. The summed E-state index contributed by atoms with van der Waals surface area (Å²) in [6.45, 7) is 6.82. The number of rotatable bonds is 3. The van der Waals surface area contributed by atoms with Gasteiger partial charge < -0.3 is 10.5 Å². The summed E-state index contributed by atoms with van der Waals surface area (Å²) in [5, 5.41) is 0. The third-order valence-corrected chi connectivity index (χ3v) is 2.57. The van der Waals surface area contributed by atoms with Crippen LogP contribution in [0.3, 0.4) is 0 Å². The second-order valence-corrected chi connectivity index (χ2v) is 5.46. The first kappa shape index (κ1) is 12.5. The van der Waals surface area contributed by atoms with Crippen LogP contribution in [0.2, 0.25) is 0 Å². The molecule has 84 valence electrons. The van der Waals surface area contributed by atoms with Crippen molar-refractivity contribution in [1.82, 2.24) is 4.98 Å². The van der Waals surface area contributed by atoms with Crippen LogP contribution in [0.5, 0.6) is 5.75 Å². The van der Waals surface area contributed by atoms with Gasteiger partial charge in [0.25, 0.3) is 0 Å². The molecule has 15 heavy (non-hydrogen) atoms. The minimum Gasteiger partial charge on any atom is -0.487 e. The van der Waals surface area contributed by atoms with E-state index in [1.807, 2.05) is 6.07 Å². The molecule has 0 aliphatic rings. The highest BCUT2D eigenvalue weighted by Gasteiger charge is 2.25. The van der Waals surface area contributed by atoms with Gasteiger partial charge in [0.2, 0.25) is 0 Å². The van der Waals surface area contributed by atoms with Crippen molar-refractivity contribution in [3.05, 3.63) is 22.9 Å². The first-order valence-electron chi connectivity index (χ1n) is 4.91. The molecule has 0 bridgehead atoms. The number of nitrogens with two attached hydrogens (primary N) is 1. The topological polar surface area (TPSA) is 48.1 Å². The largest absolute Gasteiger partial charge is 0.487 e. The Kier molecular flexibility index (Phi) is 4.11. The van der Waals surface area contributed by atoms with Gasteiger partial charge in [0.15, 0.2) is 0 Å². The monoisotopic (exact) mass is 272 g/mol. The van der Waals surface area contributed by atoms with Crippen molar-refractivity contribution in [3.8, 4) is 5.75 Å². The van der Waals surface area contributed by atoms with Crippen molar-refractivity contribution < 1.29 is 4.74 Å². The molecule has 0 saturated carbocycles. The maximum absolute atomic E-state index is 5.79. The van der Waals surface area contributed by atoms with Gasteiger partial charge in [-0.25, -0.2) is 0 Å². The first-order chi connectivity index (χ1) is 6.93. The number of ether oxygens (including phenoxy) is 1. The molecule has 0 aliphatic heterocycles. The van der Waals surface area contributed by atoms with Gasteiger partial charge in [-0.15, -0.1) is 0 Å². The molecule has 1 heterocycles. The van der Waals surface area contributed by atoms with E-state index in [4.69, 9.17) is 10.5 Å². The van der Waals surface area contributed by atoms with Crippen molar-refractivity contribution in [2.45, 2.75) is 26.9 Å². The Hall–Kier alpha value is -0.610. The van der Waals surface area contributed by atoms with Gasteiger partial charge >= 0.3 is 0 Å². The lowest BCUT2D eigenvalue weighted by Crippen LogP contribution is -2.38. The number of halogens is 1. The second kappa shape index (κ2) is 4.94. The highest BCUT2D eigenvalue weighted by molar-refractivity contribution is 9.10. The molecular weight excluding hydrogens is 256 g/mol. The van der Waals surface area contributed by atoms with Crippen molar-refractivity contribution >= 4 is 15.9 Å². The number of hydrogen-bond acceptors (Lipinski definition) is 3. The maximum Gasteiger partial charge on any atom is 0.139 e. The number of hydrogen-bond donors (Lipinski definition) is 1. The summed E-state index contributed by atoms with van der Waals surface area (Å²) in [4.78, 5) is 4.04. The molecule has 1 aromatic heterocycles. The zero-order valence-corrected chi connectivity index (χ0v) is 10.9. The van der Waals surface area contributed by atoms with Gasteiger partial charge in [-0.1, -0.05) is 20.8 Å². The minimum atomic E-state index is -0.00593. The fraction of sp³-hybridized carbons (Fsp3) is 0.545. The molecule has 1 unspecified atom stereocenters. The summed E-state index contributed by atoms with van der Waals surface area (Å²) in [5.74, 6) is 0.745. The Labute approximate surface area is 99.2 Å². The molecule has 0 spiro atoms. The highest BCUT2D eigenvalue weighted by Crippen LogP contribution is 2.25. The van der Waals surface area contributed by atoms with E-state index in [9.17, 15) is 0 Å². The van der Waals surface area contributed by atoms with Crippen molar-refractivity contribution in [1.29, 1.82) is 0 Å². The Balaban J connectivity index is 2.76. The molecule has 1 aromatic rings. The van der Waals surface area contributed by atoms with Crippen molar-refractivity contribution in [3.63, 3.8) is 0 Å². The number of nitrogens with zero attached hydrogens (tertiary/aromatic N) is 1. The lowest BCUT2D eigenvalue weighted by atomic mass is 9.89. The average molecular weight is 273 g/mol. The Morgan fingerprint density at radius 3 is 2.60 bits per heavy atom. The van der Waals surface area contributed by atoms with Gasteiger partial charge in [-0.2, -0.15) is 0 Å². The van der Waals surface area contributed by atoms with Crippen LogP contribution >= 0.6 is 15.9 Å². The molecule has 1 rings (SSSR count). The van der Waals surface area contributed by atoms with Crippen LogP contribution < -0.4 is 10.5 Å². The average Bonchev–Trinajstić information content (AvgIpc) is 2.12. The van der Waals surface area contributed by atoms with E-state index in [-0.39, 0.29) is 11.5 Å². The third kappa shape index (κ3) is 3.80. The van der Waals surface area contributed by atoms with E-state index in [2.05, 4.69) is 41.7 Å². The number of pyridine rings is 1. The van der Waals surface area contributed by atoms with E-state index in [1.54, 1.807) is 12.4 Å². The van der Waals surface area contributed by atoms with Crippen LogP contribution in [0.25, 0.3) is 0 Å². The van der Waals surface area contributed by atoms with Crippen LogP contribution in [-0.4, -0.2) is 17.6 Å². The van der Waals surface area contributed by atoms with Gasteiger partial charge in [0, 0.05) is 22.6 Å². The van der Waals surface area contributed by atoms with E-state index < -0.39 is 0 Å². The molecule has 0 saturated heterocycles. The summed E-state index contributed by atoms with van der Waals surface area (Å²) >= 11 is 3.35.